The minimum Gasteiger partial charge on any atom is -0.367 e. The van der Waals surface area contributed by atoms with Crippen molar-refractivity contribution in [2.45, 2.75) is 53.0 Å². The van der Waals surface area contributed by atoms with Crippen LogP contribution >= 0.6 is 0 Å². The molecule has 3 heteroatoms. The summed E-state index contributed by atoms with van der Waals surface area (Å²) < 4.78 is 0. The molecular formula is C31H33N3. The number of aryl methyl sites for hydroxylation is 1. The molecule has 0 aliphatic heterocycles. The normalized spacial score (nSPS) is 10.8. The number of allylic oxidation sites excluding steroid dienone is 1. The Labute approximate surface area is 204 Å². The summed E-state index contributed by atoms with van der Waals surface area (Å²) in [6.45, 7) is 12.8. The van der Waals surface area contributed by atoms with Crippen molar-refractivity contribution in [3.8, 4) is 23.3 Å². The molecule has 0 radical (unpaired) electrons. The molecule has 3 aromatic rings. The lowest BCUT2D eigenvalue weighted by Gasteiger charge is -2.26. The third-order valence-corrected chi connectivity index (χ3v) is 6.75. The molecule has 3 rings (SSSR count). The second-order valence-corrected chi connectivity index (χ2v) is 9.35. The van der Waals surface area contributed by atoms with Crippen LogP contribution in [0, 0.1) is 29.6 Å². The minimum absolute atomic E-state index is 0.114. The van der Waals surface area contributed by atoms with Crippen molar-refractivity contribution in [2.24, 2.45) is 0 Å². The monoisotopic (exact) mass is 447 g/mol. The predicted molar refractivity (Wildman–Crippen MR) is 142 cm³/mol. The summed E-state index contributed by atoms with van der Waals surface area (Å²) in [5.74, 6) is 0. The van der Waals surface area contributed by atoms with Gasteiger partial charge in [0.1, 0.15) is 17.7 Å². The molecule has 0 aliphatic carbocycles. The molecule has 3 nitrogen and oxygen atoms in total. The first kappa shape index (κ1) is 24.8. The summed E-state index contributed by atoms with van der Waals surface area (Å²) in [5, 5.41) is 18.0. The molecule has 0 aromatic heterocycles. The maximum absolute atomic E-state index is 9.00. The SMILES string of the molecule is CCN(Cc1ccc(C(C)(C)CC)cc1)c1ccc(-c2ccc(C=C(C#N)C#N)c(C)c2)cc1. The van der Waals surface area contributed by atoms with E-state index in [-0.39, 0.29) is 11.0 Å². The number of anilines is 1. The Hall–Kier alpha value is -3.82. The number of nitrogens with zero attached hydrogens (tertiary/aromatic N) is 3. The highest BCUT2D eigenvalue weighted by Gasteiger charge is 2.17. The fourth-order valence-corrected chi connectivity index (χ4v) is 4.00. The molecule has 0 saturated heterocycles. The largest absolute Gasteiger partial charge is 0.367 e. The Bertz CT molecular complexity index is 1220. The molecule has 0 atom stereocenters. The zero-order valence-electron chi connectivity index (χ0n) is 20.9. The van der Waals surface area contributed by atoms with Gasteiger partial charge in [0.2, 0.25) is 0 Å². The van der Waals surface area contributed by atoms with Gasteiger partial charge in [-0.2, -0.15) is 10.5 Å². The molecule has 0 bridgehead atoms. The molecule has 0 unspecified atom stereocenters. The molecule has 0 amide bonds. The van der Waals surface area contributed by atoms with E-state index in [1.807, 2.05) is 31.2 Å². The topological polar surface area (TPSA) is 50.8 Å². The van der Waals surface area contributed by atoms with Crippen LogP contribution in [0.2, 0.25) is 0 Å². The van der Waals surface area contributed by atoms with Crippen molar-refractivity contribution >= 4 is 11.8 Å². The van der Waals surface area contributed by atoms with Gasteiger partial charge in [-0.25, -0.2) is 0 Å². The number of hydrogen-bond acceptors (Lipinski definition) is 3. The highest BCUT2D eigenvalue weighted by atomic mass is 15.1. The summed E-state index contributed by atoms with van der Waals surface area (Å²) in [6, 6.07) is 27.7. The third-order valence-electron chi connectivity index (χ3n) is 6.75. The first-order chi connectivity index (χ1) is 16.3. The lowest BCUT2D eigenvalue weighted by Crippen LogP contribution is -2.22. The van der Waals surface area contributed by atoms with Crippen molar-refractivity contribution in [1.82, 2.24) is 0 Å². The second-order valence-electron chi connectivity index (χ2n) is 9.35. The molecule has 3 aromatic carbocycles. The van der Waals surface area contributed by atoms with Crippen LogP contribution in [0.1, 0.15) is 56.4 Å². The summed E-state index contributed by atoms with van der Waals surface area (Å²) in [6.07, 6.45) is 2.76. The van der Waals surface area contributed by atoms with Gasteiger partial charge in [0, 0.05) is 18.8 Å². The molecule has 0 heterocycles. The van der Waals surface area contributed by atoms with Crippen LogP contribution < -0.4 is 4.90 Å². The van der Waals surface area contributed by atoms with E-state index in [9.17, 15) is 0 Å². The van der Waals surface area contributed by atoms with Crippen LogP contribution in [0.5, 0.6) is 0 Å². The highest BCUT2D eigenvalue weighted by Crippen LogP contribution is 2.29. The summed E-state index contributed by atoms with van der Waals surface area (Å²) >= 11 is 0. The molecule has 0 N–H and O–H groups in total. The van der Waals surface area contributed by atoms with Crippen molar-refractivity contribution in [3.63, 3.8) is 0 Å². The fourth-order valence-electron chi connectivity index (χ4n) is 4.00. The van der Waals surface area contributed by atoms with Gasteiger partial charge in [0.05, 0.1) is 0 Å². The van der Waals surface area contributed by atoms with E-state index >= 15 is 0 Å². The van der Waals surface area contributed by atoms with Gasteiger partial charge in [-0.1, -0.05) is 75.4 Å². The molecule has 34 heavy (non-hydrogen) atoms. The Morgan fingerprint density at radius 2 is 1.50 bits per heavy atom. The fraction of sp³-hybridized carbons (Fsp3) is 0.290. The first-order valence-electron chi connectivity index (χ1n) is 11.9. The second kappa shape index (κ2) is 10.9. The van der Waals surface area contributed by atoms with Crippen LogP contribution in [0.15, 0.2) is 72.3 Å². The lowest BCUT2D eigenvalue weighted by molar-refractivity contribution is 0.506. The molecule has 0 fully saturated rings. The van der Waals surface area contributed by atoms with E-state index in [1.165, 1.54) is 16.8 Å². The van der Waals surface area contributed by atoms with Gasteiger partial charge in [-0.05, 0) is 77.3 Å². The van der Waals surface area contributed by atoms with Gasteiger partial charge in [-0.3, -0.25) is 0 Å². The molecule has 0 spiro atoms. The van der Waals surface area contributed by atoms with Crippen LogP contribution in [-0.4, -0.2) is 6.54 Å². The van der Waals surface area contributed by atoms with Crippen molar-refractivity contribution < 1.29 is 0 Å². The third kappa shape index (κ3) is 5.75. The Kier molecular flexibility index (Phi) is 7.93. The maximum atomic E-state index is 9.00. The summed E-state index contributed by atoms with van der Waals surface area (Å²) in [7, 11) is 0. The van der Waals surface area contributed by atoms with E-state index in [0.29, 0.717) is 0 Å². The molecule has 0 aliphatic rings. The van der Waals surface area contributed by atoms with Crippen molar-refractivity contribution in [1.29, 1.82) is 10.5 Å². The summed E-state index contributed by atoms with van der Waals surface area (Å²) in [4.78, 5) is 2.38. The lowest BCUT2D eigenvalue weighted by atomic mass is 9.82. The number of nitriles is 2. The van der Waals surface area contributed by atoms with E-state index < -0.39 is 0 Å². The smallest absolute Gasteiger partial charge is 0.130 e. The number of rotatable bonds is 8. The van der Waals surface area contributed by atoms with Crippen molar-refractivity contribution in [3.05, 3.63) is 94.6 Å². The standard InChI is InChI=1S/C31H33N3/c1-6-31(4,5)29-14-8-24(9-15-29)22-34(7-2)30-16-12-26(13-17-30)28-11-10-27(23(3)18-28)19-25(20-32)21-33/h8-19H,6-7,22H2,1-5H3. The predicted octanol–water partition coefficient (Wildman–Crippen LogP) is 7.81. The van der Waals surface area contributed by atoms with Crippen LogP contribution in [0.25, 0.3) is 17.2 Å². The van der Waals surface area contributed by atoms with Gasteiger partial charge in [0.25, 0.3) is 0 Å². The van der Waals surface area contributed by atoms with E-state index in [0.717, 1.165) is 41.8 Å². The zero-order chi connectivity index (χ0) is 24.7. The van der Waals surface area contributed by atoms with E-state index in [4.69, 9.17) is 10.5 Å². The number of hydrogen-bond donors (Lipinski definition) is 0. The van der Waals surface area contributed by atoms with Gasteiger partial charge in [-0.15, -0.1) is 0 Å². The Morgan fingerprint density at radius 3 is 2.03 bits per heavy atom. The molecule has 0 saturated carbocycles. The average molecular weight is 448 g/mol. The average Bonchev–Trinajstić information content (AvgIpc) is 2.87. The highest BCUT2D eigenvalue weighted by molar-refractivity contribution is 5.71. The van der Waals surface area contributed by atoms with Crippen LogP contribution in [0.3, 0.4) is 0 Å². The van der Waals surface area contributed by atoms with Gasteiger partial charge < -0.3 is 4.90 Å². The van der Waals surface area contributed by atoms with Gasteiger partial charge >= 0.3 is 0 Å². The van der Waals surface area contributed by atoms with Crippen LogP contribution in [-0.2, 0) is 12.0 Å². The number of benzene rings is 3. The zero-order valence-corrected chi connectivity index (χ0v) is 20.9. The van der Waals surface area contributed by atoms with Crippen LogP contribution in [0.4, 0.5) is 5.69 Å². The molecular weight excluding hydrogens is 414 g/mol. The molecule has 172 valence electrons. The van der Waals surface area contributed by atoms with E-state index in [2.05, 4.69) is 87.2 Å². The first-order valence-corrected chi connectivity index (χ1v) is 11.9. The quantitative estimate of drug-likeness (QED) is 0.331. The summed E-state index contributed by atoms with van der Waals surface area (Å²) in [5.41, 5.74) is 8.42. The minimum atomic E-state index is 0.114. The Morgan fingerprint density at radius 1 is 0.882 bits per heavy atom. The Balaban J connectivity index is 1.76. The maximum Gasteiger partial charge on any atom is 0.130 e. The van der Waals surface area contributed by atoms with Gasteiger partial charge in [0.15, 0.2) is 0 Å². The van der Waals surface area contributed by atoms with E-state index in [1.54, 1.807) is 6.08 Å². The van der Waals surface area contributed by atoms with Crippen molar-refractivity contribution in [2.75, 3.05) is 11.4 Å².